The van der Waals surface area contributed by atoms with Crippen molar-refractivity contribution in [2.45, 2.75) is 32.3 Å². The zero-order chi connectivity index (χ0) is 12.1. The highest BCUT2D eigenvalue weighted by atomic mass is 16.5. The van der Waals surface area contributed by atoms with Gasteiger partial charge in [0, 0.05) is 20.2 Å². The van der Waals surface area contributed by atoms with Gasteiger partial charge in [0.05, 0.1) is 18.4 Å². The van der Waals surface area contributed by atoms with E-state index in [9.17, 15) is 9.59 Å². The van der Waals surface area contributed by atoms with E-state index in [1.54, 1.807) is 7.05 Å². The highest BCUT2D eigenvalue weighted by Gasteiger charge is 2.34. The average molecular weight is 229 g/mol. The van der Waals surface area contributed by atoms with Crippen molar-refractivity contribution < 1.29 is 19.4 Å². The summed E-state index contributed by atoms with van der Waals surface area (Å²) in [5.74, 6) is -0.969. The van der Waals surface area contributed by atoms with Crippen molar-refractivity contribution in [3.05, 3.63) is 0 Å². The normalized spacial score (nSPS) is 24.4. The summed E-state index contributed by atoms with van der Waals surface area (Å²) in [7, 11) is 1.65. The molecular formula is C11H19NO4. The first-order valence-corrected chi connectivity index (χ1v) is 5.64. The van der Waals surface area contributed by atoms with Crippen LogP contribution in [0.25, 0.3) is 0 Å². The number of aliphatic carboxylic acids is 1. The molecule has 0 saturated carbocycles. The van der Waals surface area contributed by atoms with Crippen LogP contribution in [0.1, 0.15) is 26.2 Å². The summed E-state index contributed by atoms with van der Waals surface area (Å²) in [6, 6.07) is 0. The monoisotopic (exact) mass is 229 g/mol. The molecule has 1 heterocycles. The number of hydrogen-bond donors (Lipinski definition) is 1. The lowest BCUT2D eigenvalue weighted by Crippen LogP contribution is -2.37. The van der Waals surface area contributed by atoms with Gasteiger partial charge in [-0.15, -0.1) is 0 Å². The Bertz CT molecular complexity index is 267. The van der Waals surface area contributed by atoms with Crippen LogP contribution in [-0.2, 0) is 14.3 Å². The van der Waals surface area contributed by atoms with E-state index in [1.165, 1.54) is 4.90 Å². The maximum Gasteiger partial charge on any atom is 0.305 e. The van der Waals surface area contributed by atoms with Crippen LogP contribution in [0.4, 0.5) is 0 Å². The van der Waals surface area contributed by atoms with Crippen LogP contribution in [0.2, 0.25) is 0 Å². The number of carboxylic acids is 1. The smallest absolute Gasteiger partial charge is 0.305 e. The van der Waals surface area contributed by atoms with Gasteiger partial charge in [-0.05, 0) is 12.8 Å². The summed E-state index contributed by atoms with van der Waals surface area (Å²) >= 11 is 0. The molecule has 0 aromatic rings. The van der Waals surface area contributed by atoms with Crippen LogP contribution >= 0.6 is 0 Å². The molecule has 92 valence electrons. The molecule has 1 N–H and O–H groups in total. The number of carbonyl (C=O) groups is 2. The second-order valence-electron chi connectivity index (χ2n) is 4.12. The number of amides is 1. The van der Waals surface area contributed by atoms with E-state index in [1.807, 2.05) is 6.92 Å². The Morgan fingerprint density at radius 2 is 2.19 bits per heavy atom. The fourth-order valence-electron chi connectivity index (χ4n) is 1.99. The summed E-state index contributed by atoms with van der Waals surface area (Å²) in [5, 5.41) is 8.54. The van der Waals surface area contributed by atoms with Gasteiger partial charge in [-0.1, -0.05) is 6.92 Å². The molecule has 2 atom stereocenters. The second kappa shape index (κ2) is 5.84. The van der Waals surface area contributed by atoms with E-state index in [0.29, 0.717) is 6.61 Å². The van der Waals surface area contributed by atoms with Gasteiger partial charge >= 0.3 is 5.97 Å². The second-order valence-corrected chi connectivity index (χ2v) is 4.12. The highest BCUT2D eigenvalue weighted by Crippen LogP contribution is 2.25. The van der Waals surface area contributed by atoms with Crippen LogP contribution in [-0.4, -0.2) is 48.2 Å². The Balaban J connectivity index is 2.46. The number of nitrogens with zero attached hydrogens (tertiary/aromatic N) is 1. The Morgan fingerprint density at radius 3 is 2.75 bits per heavy atom. The van der Waals surface area contributed by atoms with Crippen LogP contribution in [0.3, 0.4) is 0 Å². The molecule has 1 aliphatic rings. The van der Waals surface area contributed by atoms with Crippen molar-refractivity contribution in [3.8, 4) is 0 Å². The van der Waals surface area contributed by atoms with Crippen LogP contribution in [0.15, 0.2) is 0 Å². The van der Waals surface area contributed by atoms with E-state index in [4.69, 9.17) is 9.84 Å². The first-order chi connectivity index (χ1) is 7.56. The van der Waals surface area contributed by atoms with Gasteiger partial charge in [-0.3, -0.25) is 9.59 Å². The average Bonchev–Trinajstić information content (AvgIpc) is 2.72. The lowest BCUT2D eigenvalue weighted by molar-refractivity contribution is -0.139. The van der Waals surface area contributed by atoms with E-state index >= 15 is 0 Å². The van der Waals surface area contributed by atoms with Gasteiger partial charge in [0.2, 0.25) is 5.91 Å². The number of ether oxygens (including phenoxy) is 1. The fraction of sp³-hybridized carbons (Fsp3) is 0.818. The van der Waals surface area contributed by atoms with E-state index in [2.05, 4.69) is 0 Å². The first kappa shape index (κ1) is 13.0. The third-order valence-corrected chi connectivity index (χ3v) is 2.97. The maximum atomic E-state index is 12.0. The molecule has 0 bridgehead atoms. The third kappa shape index (κ3) is 3.20. The minimum absolute atomic E-state index is 0.000205. The van der Waals surface area contributed by atoms with E-state index in [0.717, 1.165) is 12.8 Å². The van der Waals surface area contributed by atoms with Crippen molar-refractivity contribution >= 4 is 11.9 Å². The number of carbonyl (C=O) groups excluding carboxylic acids is 1. The summed E-state index contributed by atoms with van der Waals surface area (Å²) in [6.07, 6.45) is 1.56. The van der Waals surface area contributed by atoms with Crippen molar-refractivity contribution in [1.82, 2.24) is 4.90 Å². The number of hydrogen-bond acceptors (Lipinski definition) is 3. The molecular weight excluding hydrogens is 210 g/mol. The standard InChI is InChI=1S/C11H19NO4/c1-3-9-8(5-7-16-9)11(15)12(2)6-4-10(13)14/h8-9H,3-7H2,1-2H3,(H,13,14). The van der Waals surface area contributed by atoms with Gasteiger partial charge < -0.3 is 14.7 Å². The van der Waals surface area contributed by atoms with E-state index < -0.39 is 5.97 Å². The Morgan fingerprint density at radius 1 is 1.50 bits per heavy atom. The predicted molar refractivity (Wildman–Crippen MR) is 58.0 cm³/mol. The van der Waals surface area contributed by atoms with Crippen LogP contribution in [0.5, 0.6) is 0 Å². The molecule has 1 aliphatic heterocycles. The molecule has 1 amide bonds. The number of carboxylic acid groups (broad SMARTS) is 1. The molecule has 5 nitrogen and oxygen atoms in total. The van der Waals surface area contributed by atoms with Gasteiger partial charge in [-0.2, -0.15) is 0 Å². The van der Waals surface area contributed by atoms with Gasteiger partial charge in [0.1, 0.15) is 0 Å². The lowest BCUT2D eigenvalue weighted by atomic mass is 9.98. The Hall–Kier alpha value is -1.10. The zero-order valence-electron chi connectivity index (χ0n) is 9.81. The molecule has 0 spiro atoms. The maximum absolute atomic E-state index is 12.0. The van der Waals surface area contributed by atoms with Crippen LogP contribution in [0, 0.1) is 5.92 Å². The minimum Gasteiger partial charge on any atom is -0.481 e. The van der Waals surface area contributed by atoms with Crippen molar-refractivity contribution in [2.24, 2.45) is 5.92 Å². The summed E-state index contributed by atoms with van der Waals surface area (Å²) in [4.78, 5) is 23.9. The summed E-state index contributed by atoms with van der Waals surface area (Å²) < 4.78 is 5.45. The van der Waals surface area contributed by atoms with Crippen molar-refractivity contribution in [1.29, 1.82) is 0 Å². The molecule has 0 aromatic carbocycles. The largest absolute Gasteiger partial charge is 0.481 e. The Labute approximate surface area is 95.4 Å². The SMILES string of the molecule is CCC1OCCC1C(=O)N(C)CCC(=O)O. The zero-order valence-corrected chi connectivity index (χ0v) is 9.81. The molecule has 0 aliphatic carbocycles. The molecule has 1 fully saturated rings. The van der Waals surface area contributed by atoms with Gasteiger partial charge in [0.15, 0.2) is 0 Å². The van der Waals surface area contributed by atoms with E-state index in [-0.39, 0.29) is 30.9 Å². The van der Waals surface area contributed by atoms with Crippen molar-refractivity contribution in [2.75, 3.05) is 20.2 Å². The topological polar surface area (TPSA) is 66.8 Å². The van der Waals surface area contributed by atoms with Gasteiger partial charge in [-0.25, -0.2) is 0 Å². The molecule has 5 heteroatoms. The molecule has 1 rings (SSSR count). The lowest BCUT2D eigenvalue weighted by Gasteiger charge is -2.23. The third-order valence-electron chi connectivity index (χ3n) is 2.97. The summed E-state index contributed by atoms with van der Waals surface area (Å²) in [6.45, 7) is 2.89. The molecule has 0 aromatic heterocycles. The number of rotatable bonds is 5. The Kier molecular flexibility index (Phi) is 4.73. The molecule has 16 heavy (non-hydrogen) atoms. The summed E-state index contributed by atoms with van der Waals surface area (Å²) in [5.41, 5.74) is 0. The molecule has 0 radical (unpaired) electrons. The fourth-order valence-corrected chi connectivity index (χ4v) is 1.99. The predicted octanol–water partition coefficient (Wildman–Crippen LogP) is 0.735. The van der Waals surface area contributed by atoms with Crippen molar-refractivity contribution in [3.63, 3.8) is 0 Å². The minimum atomic E-state index is -0.880. The molecule has 2 unspecified atom stereocenters. The van der Waals surface area contributed by atoms with Gasteiger partial charge in [0.25, 0.3) is 0 Å². The van der Waals surface area contributed by atoms with Crippen LogP contribution < -0.4 is 0 Å². The molecule has 1 saturated heterocycles. The first-order valence-electron chi connectivity index (χ1n) is 5.64. The highest BCUT2D eigenvalue weighted by molar-refractivity contribution is 5.80. The quantitative estimate of drug-likeness (QED) is 0.755.